The van der Waals surface area contributed by atoms with Crippen LogP contribution in [0.5, 0.6) is 0 Å². The summed E-state index contributed by atoms with van der Waals surface area (Å²) in [5, 5.41) is 4.73. The van der Waals surface area contributed by atoms with Crippen molar-refractivity contribution in [2.45, 2.75) is 13.8 Å². The van der Waals surface area contributed by atoms with E-state index in [9.17, 15) is 0 Å². The topological polar surface area (TPSA) is 29.6 Å². The second kappa shape index (κ2) is 8.27. The smallest absolute Gasteiger partial charge is 0.0712 e. The van der Waals surface area contributed by atoms with Gasteiger partial charge in [-0.25, -0.2) is 0 Å². The number of benzene rings is 4. The molecule has 0 amide bonds. The van der Waals surface area contributed by atoms with Gasteiger partial charge in [-0.3, -0.25) is 9.98 Å². The van der Waals surface area contributed by atoms with Gasteiger partial charge in [0, 0.05) is 17.8 Å². The molecule has 0 aliphatic heterocycles. The minimum Gasteiger partial charge on any atom is -0.342 e. The Labute approximate surface area is 188 Å². The normalized spacial score (nSPS) is 12.6. The van der Waals surface area contributed by atoms with Crippen LogP contribution in [0.4, 0.5) is 11.4 Å². The molecular weight excluding hydrogens is 390 g/mol. The lowest BCUT2D eigenvalue weighted by atomic mass is 10.1. The summed E-state index contributed by atoms with van der Waals surface area (Å²) in [5.74, 6) is 0. The van der Waals surface area contributed by atoms with Crippen molar-refractivity contribution in [3.63, 3.8) is 0 Å². The van der Waals surface area contributed by atoms with Gasteiger partial charge in [-0.1, -0.05) is 72.8 Å². The maximum atomic E-state index is 4.97. The highest BCUT2D eigenvalue weighted by Crippen LogP contribution is 2.28. The first kappa shape index (κ1) is 20.0. The summed E-state index contributed by atoms with van der Waals surface area (Å²) in [6.45, 7) is 4.14. The van der Waals surface area contributed by atoms with Crippen LogP contribution in [0.15, 0.2) is 107 Å². The highest BCUT2D eigenvalue weighted by Gasteiger charge is 2.11. The lowest BCUT2D eigenvalue weighted by Gasteiger charge is -2.09. The number of rotatable bonds is 4. The summed E-state index contributed by atoms with van der Waals surface area (Å²) in [4.78, 5) is 9.94. The molecule has 0 saturated carbocycles. The highest BCUT2D eigenvalue weighted by atomic mass is 15.0. The van der Waals surface area contributed by atoms with Gasteiger partial charge in [0.1, 0.15) is 0 Å². The van der Waals surface area contributed by atoms with Crippen LogP contribution in [0.3, 0.4) is 0 Å². The molecule has 0 bridgehead atoms. The van der Waals surface area contributed by atoms with E-state index < -0.39 is 0 Å². The van der Waals surface area contributed by atoms with Gasteiger partial charge in [-0.2, -0.15) is 0 Å². The minimum absolute atomic E-state index is 0.980. The fourth-order valence-corrected chi connectivity index (χ4v) is 4.33. The molecule has 156 valence electrons. The van der Waals surface area contributed by atoms with Gasteiger partial charge >= 0.3 is 0 Å². The number of fused-ring (bicyclic) bond motifs is 2. The third-order valence-electron chi connectivity index (χ3n) is 5.97. The van der Waals surface area contributed by atoms with Crippen molar-refractivity contribution in [1.29, 1.82) is 0 Å². The lowest BCUT2D eigenvalue weighted by molar-refractivity contribution is 0.900. The molecule has 0 unspecified atom stereocenters. The zero-order chi connectivity index (χ0) is 22.1. The van der Waals surface area contributed by atoms with E-state index in [-0.39, 0.29) is 0 Å². The summed E-state index contributed by atoms with van der Waals surface area (Å²) in [6.07, 6.45) is 0. The van der Waals surface area contributed by atoms with Crippen LogP contribution in [0.25, 0.3) is 21.5 Å². The van der Waals surface area contributed by atoms with E-state index in [1.54, 1.807) is 0 Å². The molecule has 4 aromatic carbocycles. The van der Waals surface area contributed by atoms with Crippen LogP contribution in [-0.2, 0) is 7.05 Å². The number of aromatic nitrogens is 1. The summed E-state index contributed by atoms with van der Waals surface area (Å²) >= 11 is 0. The Morgan fingerprint density at radius 2 is 0.938 bits per heavy atom. The molecule has 0 N–H and O–H groups in total. The molecule has 0 atom stereocenters. The van der Waals surface area contributed by atoms with Crippen molar-refractivity contribution in [3.8, 4) is 0 Å². The van der Waals surface area contributed by atoms with Crippen molar-refractivity contribution in [3.05, 3.63) is 108 Å². The van der Waals surface area contributed by atoms with Gasteiger partial charge in [-0.05, 0) is 48.9 Å². The summed E-state index contributed by atoms with van der Waals surface area (Å²) in [6, 6.07) is 33.5. The third-order valence-corrected chi connectivity index (χ3v) is 5.97. The lowest BCUT2D eigenvalue weighted by Crippen LogP contribution is -2.09. The second-order valence-corrected chi connectivity index (χ2v) is 8.05. The molecule has 0 aliphatic rings. The Balaban J connectivity index is 1.52. The SMILES string of the molecule is CC(=Nc1cccc2ccccc12)c1ccc(C(C)=Nc2cccc3ccccc23)n1C. The summed E-state index contributed by atoms with van der Waals surface area (Å²) in [5.41, 5.74) is 6.11. The largest absolute Gasteiger partial charge is 0.342 e. The average Bonchev–Trinajstić information content (AvgIpc) is 3.21. The first-order chi connectivity index (χ1) is 15.6. The first-order valence-corrected chi connectivity index (χ1v) is 10.8. The van der Waals surface area contributed by atoms with E-state index in [4.69, 9.17) is 9.98 Å². The van der Waals surface area contributed by atoms with Gasteiger partial charge < -0.3 is 4.57 Å². The molecule has 0 radical (unpaired) electrons. The van der Waals surface area contributed by atoms with Crippen LogP contribution in [0, 0.1) is 0 Å². The fraction of sp³-hybridized carbons (Fsp3) is 0.103. The summed E-state index contributed by atoms with van der Waals surface area (Å²) in [7, 11) is 2.08. The standard InChI is InChI=1S/C29H25N3/c1-20(30-26-16-8-12-22-10-4-6-14-24(22)26)28-18-19-29(32(28)3)21(2)31-27-17-9-13-23-11-5-7-15-25(23)27/h4-19H,1-3H3. The molecule has 5 rings (SSSR count). The molecule has 1 heterocycles. The van der Waals surface area contributed by atoms with Gasteiger partial charge in [0.15, 0.2) is 0 Å². The molecule has 3 nitrogen and oxygen atoms in total. The van der Waals surface area contributed by atoms with Gasteiger partial charge in [0.05, 0.1) is 34.2 Å². The molecule has 0 spiro atoms. The number of aliphatic imine (C=N–C) groups is 2. The van der Waals surface area contributed by atoms with E-state index >= 15 is 0 Å². The van der Waals surface area contributed by atoms with Crippen molar-refractivity contribution in [1.82, 2.24) is 4.57 Å². The van der Waals surface area contributed by atoms with E-state index in [0.29, 0.717) is 0 Å². The third kappa shape index (κ3) is 3.63. The van der Waals surface area contributed by atoms with E-state index in [1.807, 2.05) is 0 Å². The van der Waals surface area contributed by atoms with Gasteiger partial charge in [0.2, 0.25) is 0 Å². The Morgan fingerprint density at radius 1 is 0.531 bits per heavy atom. The molecule has 0 fully saturated rings. The maximum Gasteiger partial charge on any atom is 0.0712 e. The molecule has 0 saturated heterocycles. The maximum absolute atomic E-state index is 4.97. The van der Waals surface area contributed by atoms with Crippen LogP contribution in [0.2, 0.25) is 0 Å². The zero-order valence-corrected chi connectivity index (χ0v) is 18.6. The number of hydrogen-bond acceptors (Lipinski definition) is 2. The monoisotopic (exact) mass is 415 g/mol. The molecular formula is C29H25N3. The quantitative estimate of drug-likeness (QED) is 0.270. The highest BCUT2D eigenvalue weighted by molar-refractivity contribution is 6.06. The Kier molecular flexibility index (Phi) is 5.16. The second-order valence-electron chi connectivity index (χ2n) is 8.05. The predicted molar refractivity (Wildman–Crippen MR) is 137 cm³/mol. The minimum atomic E-state index is 0.980. The Hall–Kier alpha value is -3.98. The van der Waals surface area contributed by atoms with Crippen molar-refractivity contribution >= 4 is 44.3 Å². The summed E-state index contributed by atoms with van der Waals surface area (Å²) < 4.78 is 2.17. The number of nitrogens with zero attached hydrogens (tertiary/aromatic N) is 3. The average molecular weight is 416 g/mol. The van der Waals surface area contributed by atoms with Crippen LogP contribution in [0.1, 0.15) is 25.2 Å². The molecule has 3 heteroatoms. The zero-order valence-electron chi connectivity index (χ0n) is 18.6. The predicted octanol–water partition coefficient (Wildman–Crippen LogP) is 7.61. The molecule has 1 aromatic heterocycles. The molecule has 32 heavy (non-hydrogen) atoms. The van der Waals surface area contributed by atoms with Crippen molar-refractivity contribution in [2.75, 3.05) is 0 Å². The molecule has 5 aromatic rings. The van der Waals surface area contributed by atoms with Crippen molar-refractivity contribution in [2.24, 2.45) is 17.0 Å². The van der Waals surface area contributed by atoms with Gasteiger partial charge in [-0.15, -0.1) is 0 Å². The van der Waals surface area contributed by atoms with Crippen molar-refractivity contribution < 1.29 is 0 Å². The molecule has 0 aliphatic carbocycles. The Bertz CT molecular complexity index is 1380. The van der Waals surface area contributed by atoms with E-state index in [2.05, 4.69) is 123 Å². The van der Waals surface area contributed by atoms with Crippen LogP contribution >= 0.6 is 0 Å². The van der Waals surface area contributed by atoms with E-state index in [0.717, 1.165) is 45.0 Å². The van der Waals surface area contributed by atoms with Gasteiger partial charge in [0.25, 0.3) is 0 Å². The fourth-order valence-electron chi connectivity index (χ4n) is 4.33. The van der Waals surface area contributed by atoms with Crippen LogP contribution < -0.4 is 0 Å². The number of hydrogen-bond donors (Lipinski definition) is 0. The first-order valence-electron chi connectivity index (χ1n) is 10.8. The van der Waals surface area contributed by atoms with E-state index in [1.165, 1.54) is 10.8 Å². The Morgan fingerprint density at radius 3 is 1.41 bits per heavy atom. The van der Waals surface area contributed by atoms with Crippen LogP contribution in [-0.4, -0.2) is 16.0 Å².